The Labute approximate surface area is 173 Å². The molecule has 1 saturated heterocycles. The number of hydrogen-bond donors (Lipinski definition) is 0. The van der Waals surface area contributed by atoms with Crippen LogP contribution in [-0.4, -0.2) is 42.1 Å². The van der Waals surface area contributed by atoms with Crippen molar-refractivity contribution in [2.45, 2.75) is 31.7 Å². The second-order valence-electron chi connectivity index (χ2n) is 7.47. The van der Waals surface area contributed by atoms with Crippen molar-refractivity contribution in [1.29, 1.82) is 0 Å². The molecule has 2 aliphatic rings. The number of amidine groups is 1. The molecule has 0 saturated carbocycles. The maximum absolute atomic E-state index is 12.2. The number of aryl methyl sites for hydroxylation is 2. The number of rotatable bonds is 4. The van der Waals surface area contributed by atoms with Gasteiger partial charge in [0.05, 0.1) is 28.5 Å². The van der Waals surface area contributed by atoms with Crippen LogP contribution >= 0.6 is 11.8 Å². The average molecular weight is 432 g/mol. The zero-order valence-electron chi connectivity index (χ0n) is 16.1. The topological polar surface area (TPSA) is 92.9 Å². The summed E-state index contributed by atoms with van der Waals surface area (Å²) in [6.07, 6.45) is 0. The zero-order valence-corrected chi connectivity index (χ0v) is 17.7. The van der Waals surface area contributed by atoms with Crippen LogP contribution in [-0.2, 0) is 15.6 Å². The summed E-state index contributed by atoms with van der Waals surface area (Å²) in [5.41, 5.74) is 4.29. The Morgan fingerprint density at radius 2 is 1.86 bits per heavy atom. The van der Waals surface area contributed by atoms with E-state index in [-0.39, 0.29) is 29.3 Å². The van der Waals surface area contributed by atoms with Gasteiger partial charge in [0.15, 0.2) is 15.0 Å². The predicted octanol–water partition coefficient (Wildman–Crippen LogP) is 3.49. The Morgan fingerprint density at radius 3 is 2.52 bits per heavy atom. The smallest absolute Gasteiger partial charge is 0.269 e. The van der Waals surface area contributed by atoms with Gasteiger partial charge in [-0.15, -0.1) is 0 Å². The fourth-order valence-electron chi connectivity index (χ4n) is 3.67. The number of nitro groups is 1. The van der Waals surface area contributed by atoms with Crippen molar-refractivity contribution < 1.29 is 13.3 Å². The molecule has 2 aromatic carbocycles. The van der Waals surface area contributed by atoms with E-state index in [1.165, 1.54) is 29.5 Å². The van der Waals surface area contributed by atoms with Crippen molar-refractivity contribution in [1.82, 2.24) is 0 Å². The summed E-state index contributed by atoms with van der Waals surface area (Å²) >= 11 is 1.53. The molecular weight excluding hydrogens is 410 g/mol. The van der Waals surface area contributed by atoms with Gasteiger partial charge in [0.2, 0.25) is 0 Å². The van der Waals surface area contributed by atoms with E-state index in [4.69, 9.17) is 4.99 Å². The molecule has 2 aliphatic heterocycles. The Balaban J connectivity index is 1.59. The van der Waals surface area contributed by atoms with Crippen molar-refractivity contribution in [3.05, 3.63) is 69.3 Å². The number of non-ortho nitro benzene ring substituents is 1. The summed E-state index contributed by atoms with van der Waals surface area (Å²) in [6.45, 7) is 4.09. The van der Waals surface area contributed by atoms with Crippen LogP contribution < -0.4 is 4.90 Å². The van der Waals surface area contributed by atoms with Gasteiger partial charge in [-0.05, 0) is 42.7 Å². The highest BCUT2D eigenvalue weighted by Crippen LogP contribution is 2.36. The van der Waals surface area contributed by atoms with Gasteiger partial charge in [0.1, 0.15) is 0 Å². The van der Waals surface area contributed by atoms with Crippen LogP contribution in [0.2, 0.25) is 0 Å². The summed E-state index contributed by atoms with van der Waals surface area (Å²) in [4.78, 5) is 17.2. The third-order valence-corrected chi connectivity index (χ3v) is 8.13. The van der Waals surface area contributed by atoms with Crippen molar-refractivity contribution >= 4 is 38.1 Å². The summed E-state index contributed by atoms with van der Waals surface area (Å²) in [7, 11) is -3.09. The first-order chi connectivity index (χ1) is 13.7. The average Bonchev–Trinajstić information content (AvgIpc) is 3.13. The van der Waals surface area contributed by atoms with Crippen molar-refractivity contribution in [3.63, 3.8) is 0 Å². The van der Waals surface area contributed by atoms with Gasteiger partial charge < -0.3 is 4.90 Å². The summed E-state index contributed by atoms with van der Waals surface area (Å²) in [5.74, 6) is 0.792. The quantitative estimate of drug-likeness (QED) is 0.543. The highest BCUT2D eigenvalue weighted by Gasteiger charge is 2.47. The van der Waals surface area contributed by atoms with Crippen LogP contribution in [0.5, 0.6) is 0 Å². The third-order valence-electron chi connectivity index (χ3n) is 5.39. The first-order valence-corrected chi connectivity index (χ1v) is 12.0. The Morgan fingerprint density at radius 1 is 1.14 bits per heavy atom. The van der Waals surface area contributed by atoms with Crippen LogP contribution in [0.4, 0.5) is 11.4 Å². The first kappa shape index (κ1) is 19.9. The Hall–Kier alpha value is -2.39. The van der Waals surface area contributed by atoms with Crippen LogP contribution in [0.25, 0.3) is 0 Å². The van der Waals surface area contributed by atoms with Gasteiger partial charge >= 0.3 is 0 Å². The highest BCUT2D eigenvalue weighted by molar-refractivity contribution is 8.13. The molecule has 9 heteroatoms. The second-order valence-corrected chi connectivity index (χ2v) is 10.6. The van der Waals surface area contributed by atoms with E-state index in [0.717, 1.165) is 22.0 Å². The maximum atomic E-state index is 12.2. The van der Waals surface area contributed by atoms with E-state index in [9.17, 15) is 18.5 Å². The lowest BCUT2D eigenvalue weighted by molar-refractivity contribution is -0.384. The number of nitro benzene ring substituents is 1. The van der Waals surface area contributed by atoms with E-state index in [2.05, 4.69) is 11.0 Å². The van der Waals surface area contributed by atoms with Crippen molar-refractivity contribution in [3.8, 4) is 0 Å². The number of benzene rings is 2. The van der Waals surface area contributed by atoms with Crippen LogP contribution in [0, 0.1) is 24.0 Å². The van der Waals surface area contributed by atoms with E-state index < -0.39 is 14.8 Å². The molecule has 1 fully saturated rings. The number of anilines is 1. The molecule has 2 aromatic rings. The third kappa shape index (κ3) is 4.02. The molecule has 0 bridgehead atoms. The molecule has 7 nitrogen and oxygen atoms in total. The van der Waals surface area contributed by atoms with Gasteiger partial charge in [-0.2, -0.15) is 0 Å². The molecule has 0 unspecified atom stereocenters. The predicted molar refractivity (Wildman–Crippen MR) is 116 cm³/mol. The van der Waals surface area contributed by atoms with Gasteiger partial charge in [-0.1, -0.05) is 30.0 Å². The Bertz CT molecular complexity index is 1100. The molecule has 29 heavy (non-hydrogen) atoms. The van der Waals surface area contributed by atoms with E-state index in [1.54, 1.807) is 12.1 Å². The van der Waals surface area contributed by atoms with Crippen LogP contribution in [0.1, 0.15) is 16.7 Å². The maximum Gasteiger partial charge on any atom is 0.269 e. The largest absolute Gasteiger partial charge is 0.315 e. The van der Waals surface area contributed by atoms with Gasteiger partial charge in [0.25, 0.3) is 5.69 Å². The SMILES string of the molecule is Cc1ccc(N2C(SCc3ccc([N+](=O)[O-])cc3)=N[C@@H]3CS(=O)(=O)C[C@@H]32)cc1C. The lowest BCUT2D eigenvalue weighted by atomic mass is 10.1. The highest BCUT2D eigenvalue weighted by atomic mass is 32.2. The minimum atomic E-state index is -3.09. The lowest BCUT2D eigenvalue weighted by Crippen LogP contribution is -2.39. The number of fused-ring (bicyclic) bond motifs is 1. The molecule has 0 amide bonds. The number of nitrogens with zero attached hydrogens (tertiary/aromatic N) is 3. The monoisotopic (exact) mass is 431 g/mol. The van der Waals surface area contributed by atoms with E-state index >= 15 is 0 Å². The summed E-state index contributed by atoms with van der Waals surface area (Å²) in [5, 5.41) is 11.6. The number of aliphatic imine (C=N–C) groups is 1. The molecule has 2 heterocycles. The van der Waals surface area contributed by atoms with Crippen LogP contribution in [0.3, 0.4) is 0 Å². The molecule has 4 rings (SSSR count). The van der Waals surface area contributed by atoms with E-state index in [1.807, 2.05) is 26.0 Å². The van der Waals surface area contributed by atoms with Gasteiger partial charge in [-0.25, -0.2) is 8.42 Å². The Kier molecular flexibility index (Phi) is 5.12. The zero-order chi connectivity index (χ0) is 20.8. The molecule has 0 spiro atoms. The fraction of sp³-hybridized carbons (Fsp3) is 0.350. The molecular formula is C20H21N3O4S2. The molecule has 0 aliphatic carbocycles. The molecule has 0 aromatic heterocycles. The minimum absolute atomic E-state index is 0.0634. The van der Waals surface area contributed by atoms with Crippen molar-refractivity contribution in [2.24, 2.45) is 4.99 Å². The summed E-state index contributed by atoms with van der Waals surface area (Å²) < 4.78 is 24.3. The molecule has 0 N–H and O–H groups in total. The normalized spacial score (nSPS) is 22.4. The molecule has 0 radical (unpaired) electrons. The summed E-state index contributed by atoms with van der Waals surface area (Å²) in [6, 6.07) is 12.2. The standard InChI is InChI=1S/C20H21N3O4S2/c1-13-3-6-17(9-14(13)2)22-19-12-29(26,27)11-18(19)21-20(22)28-10-15-4-7-16(8-5-15)23(24)25/h3-9,18-19H,10-12H2,1-2H3/t18-,19+/m1/s1. The fourth-order valence-corrected chi connectivity index (χ4v) is 6.60. The lowest BCUT2D eigenvalue weighted by Gasteiger charge is -2.27. The van der Waals surface area contributed by atoms with Crippen molar-refractivity contribution in [2.75, 3.05) is 16.4 Å². The molecule has 2 atom stereocenters. The van der Waals surface area contributed by atoms with Gasteiger partial charge in [-0.3, -0.25) is 15.1 Å². The van der Waals surface area contributed by atoms with E-state index in [0.29, 0.717) is 5.75 Å². The molecule has 152 valence electrons. The number of thioether (sulfide) groups is 1. The van der Waals surface area contributed by atoms with Gasteiger partial charge in [0, 0.05) is 23.6 Å². The second kappa shape index (κ2) is 7.46. The number of hydrogen-bond acceptors (Lipinski definition) is 7. The van der Waals surface area contributed by atoms with Crippen LogP contribution in [0.15, 0.2) is 47.5 Å². The minimum Gasteiger partial charge on any atom is -0.315 e. The first-order valence-electron chi connectivity index (χ1n) is 9.24. The number of sulfone groups is 1.